The van der Waals surface area contributed by atoms with Gasteiger partial charge in [0.25, 0.3) is 5.24 Å². The minimum atomic E-state index is -0.665. The highest BCUT2D eigenvalue weighted by Crippen LogP contribution is 2.15. The molecule has 0 aliphatic carbocycles. The molecule has 0 bridgehead atoms. The second-order valence-corrected chi connectivity index (χ2v) is 5.03. The first-order valence-corrected chi connectivity index (χ1v) is 7.18. The molecule has 0 aliphatic heterocycles. The van der Waals surface area contributed by atoms with E-state index in [0.29, 0.717) is 5.56 Å². The SMILES string of the molecule is COOCc1cc(C(=O)Cl)cc(C(=O)OCc2ccccc2)c1. The molecule has 0 spiro atoms. The maximum absolute atomic E-state index is 12.2. The first-order chi connectivity index (χ1) is 11.1. The van der Waals surface area contributed by atoms with Crippen LogP contribution < -0.4 is 0 Å². The van der Waals surface area contributed by atoms with E-state index in [1.165, 1.54) is 19.2 Å². The van der Waals surface area contributed by atoms with Crippen molar-refractivity contribution in [2.45, 2.75) is 13.2 Å². The molecular formula is C17H15ClO5. The molecule has 0 radical (unpaired) electrons. The van der Waals surface area contributed by atoms with Gasteiger partial charge in [-0.2, -0.15) is 0 Å². The predicted octanol–water partition coefficient (Wildman–Crippen LogP) is 3.50. The van der Waals surface area contributed by atoms with Crippen molar-refractivity contribution in [2.75, 3.05) is 7.11 Å². The highest BCUT2D eigenvalue weighted by atomic mass is 35.5. The first kappa shape index (κ1) is 17.1. The molecule has 0 heterocycles. The van der Waals surface area contributed by atoms with Crippen LogP contribution in [0.2, 0.25) is 0 Å². The molecule has 0 N–H and O–H groups in total. The summed E-state index contributed by atoms with van der Waals surface area (Å²) < 4.78 is 5.24. The number of rotatable bonds is 7. The number of halogens is 1. The average molecular weight is 335 g/mol. The van der Waals surface area contributed by atoms with E-state index in [9.17, 15) is 9.59 Å². The molecule has 0 saturated carbocycles. The van der Waals surface area contributed by atoms with Crippen LogP contribution >= 0.6 is 11.6 Å². The van der Waals surface area contributed by atoms with Gasteiger partial charge in [-0.05, 0) is 40.9 Å². The van der Waals surface area contributed by atoms with Gasteiger partial charge in [0.1, 0.15) is 13.2 Å². The molecule has 0 unspecified atom stereocenters. The fraction of sp³-hybridized carbons (Fsp3) is 0.176. The quantitative estimate of drug-likeness (QED) is 0.335. The highest BCUT2D eigenvalue weighted by molar-refractivity contribution is 6.67. The molecule has 6 heteroatoms. The molecule has 120 valence electrons. The summed E-state index contributed by atoms with van der Waals surface area (Å²) in [6, 6.07) is 13.8. The Labute approximate surface area is 138 Å². The van der Waals surface area contributed by atoms with E-state index in [1.54, 1.807) is 6.07 Å². The van der Waals surface area contributed by atoms with Gasteiger partial charge >= 0.3 is 5.97 Å². The van der Waals surface area contributed by atoms with Crippen LogP contribution in [0.4, 0.5) is 0 Å². The van der Waals surface area contributed by atoms with Gasteiger partial charge in [0.2, 0.25) is 0 Å². The normalized spacial score (nSPS) is 10.3. The molecule has 5 nitrogen and oxygen atoms in total. The van der Waals surface area contributed by atoms with Gasteiger partial charge in [-0.3, -0.25) is 4.79 Å². The van der Waals surface area contributed by atoms with Gasteiger partial charge in [0, 0.05) is 5.56 Å². The lowest BCUT2D eigenvalue weighted by Crippen LogP contribution is -2.08. The predicted molar refractivity (Wildman–Crippen MR) is 84.0 cm³/mol. The summed E-state index contributed by atoms with van der Waals surface area (Å²) in [6.07, 6.45) is 0. The third kappa shape index (κ3) is 5.17. The first-order valence-electron chi connectivity index (χ1n) is 6.80. The molecule has 0 atom stereocenters. The summed E-state index contributed by atoms with van der Waals surface area (Å²) in [4.78, 5) is 32.9. The topological polar surface area (TPSA) is 61.8 Å². The van der Waals surface area contributed by atoms with Crippen molar-refractivity contribution in [3.8, 4) is 0 Å². The molecule has 2 rings (SSSR count). The minimum Gasteiger partial charge on any atom is -0.457 e. The van der Waals surface area contributed by atoms with Gasteiger partial charge < -0.3 is 4.74 Å². The Morgan fingerprint density at radius 2 is 1.65 bits per heavy atom. The number of ether oxygens (including phenoxy) is 1. The molecule has 2 aromatic rings. The Bertz CT molecular complexity index is 685. The van der Waals surface area contributed by atoms with Gasteiger partial charge in [-0.25, -0.2) is 14.6 Å². The van der Waals surface area contributed by atoms with Crippen molar-refractivity contribution in [2.24, 2.45) is 0 Å². The Morgan fingerprint density at radius 3 is 2.30 bits per heavy atom. The van der Waals surface area contributed by atoms with Gasteiger partial charge in [-0.1, -0.05) is 30.3 Å². The number of hydrogen-bond donors (Lipinski definition) is 0. The molecule has 23 heavy (non-hydrogen) atoms. The van der Waals surface area contributed by atoms with Crippen LogP contribution in [0.15, 0.2) is 48.5 Å². The van der Waals surface area contributed by atoms with Gasteiger partial charge in [-0.15, -0.1) is 0 Å². The minimum absolute atomic E-state index is 0.0769. The number of hydrogen-bond acceptors (Lipinski definition) is 5. The van der Waals surface area contributed by atoms with E-state index in [1.807, 2.05) is 30.3 Å². The van der Waals surface area contributed by atoms with Gasteiger partial charge in [0.05, 0.1) is 12.7 Å². The zero-order valence-electron chi connectivity index (χ0n) is 12.5. The van der Waals surface area contributed by atoms with Crippen molar-refractivity contribution in [1.82, 2.24) is 0 Å². The monoisotopic (exact) mass is 334 g/mol. The standard InChI is InChI=1S/C17H15ClO5/c1-21-23-11-13-7-14(16(18)19)9-15(8-13)17(20)22-10-12-5-3-2-4-6-12/h2-9H,10-11H2,1H3. The van der Waals surface area contributed by atoms with E-state index in [4.69, 9.17) is 21.2 Å². The second-order valence-electron chi connectivity index (χ2n) is 4.68. The lowest BCUT2D eigenvalue weighted by atomic mass is 10.1. The fourth-order valence-electron chi connectivity index (χ4n) is 1.94. The van der Waals surface area contributed by atoms with E-state index in [0.717, 1.165) is 5.56 Å². The number of carbonyl (C=O) groups excluding carboxylic acids is 2. The molecule has 0 fully saturated rings. The maximum Gasteiger partial charge on any atom is 0.338 e. The zero-order chi connectivity index (χ0) is 16.7. The third-order valence-corrected chi connectivity index (χ3v) is 3.23. The number of esters is 1. The van der Waals surface area contributed by atoms with Crippen LogP contribution in [0, 0.1) is 0 Å². The van der Waals surface area contributed by atoms with Crippen LogP contribution in [0.3, 0.4) is 0 Å². The van der Waals surface area contributed by atoms with Crippen LogP contribution in [0.1, 0.15) is 31.8 Å². The van der Waals surface area contributed by atoms with E-state index >= 15 is 0 Å². The highest BCUT2D eigenvalue weighted by Gasteiger charge is 2.13. The maximum atomic E-state index is 12.2. The van der Waals surface area contributed by atoms with Crippen LogP contribution in [0.25, 0.3) is 0 Å². The summed E-state index contributed by atoms with van der Waals surface area (Å²) in [5.74, 6) is -0.549. The van der Waals surface area contributed by atoms with Crippen LogP contribution in [-0.4, -0.2) is 18.3 Å². The molecule has 0 aliphatic rings. The molecule has 2 aromatic carbocycles. The van der Waals surface area contributed by atoms with Crippen molar-refractivity contribution in [3.05, 3.63) is 70.8 Å². The Hall–Kier alpha value is -2.21. The second kappa shape index (κ2) is 8.43. The summed E-state index contributed by atoms with van der Waals surface area (Å²) in [5, 5.41) is -0.665. The lowest BCUT2D eigenvalue weighted by Gasteiger charge is -2.08. The van der Waals surface area contributed by atoms with Crippen molar-refractivity contribution < 1.29 is 24.1 Å². The molecule has 0 amide bonds. The summed E-state index contributed by atoms with van der Waals surface area (Å²) in [7, 11) is 1.37. The zero-order valence-corrected chi connectivity index (χ0v) is 13.2. The number of benzene rings is 2. The number of carbonyl (C=O) groups is 2. The van der Waals surface area contributed by atoms with Crippen molar-refractivity contribution >= 4 is 22.8 Å². The van der Waals surface area contributed by atoms with Crippen molar-refractivity contribution in [1.29, 1.82) is 0 Å². The van der Waals surface area contributed by atoms with Crippen LogP contribution in [0.5, 0.6) is 0 Å². The average Bonchev–Trinajstić information content (AvgIpc) is 2.58. The molecular weight excluding hydrogens is 320 g/mol. The fourth-order valence-corrected chi connectivity index (χ4v) is 2.05. The van der Waals surface area contributed by atoms with Crippen molar-refractivity contribution in [3.63, 3.8) is 0 Å². The largest absolute Gasteiger partial charge is 0.457 e. The summed E-state index contributed by atoms with van der Waals surface area (Å²) in [6.45, 7) is 0.218. The van der Waals surface area contributed by atoms with E-state index in [2.05, 4.69) is 4.89 Å². The summed E-state index contributed by atoms with van der Waals surface area (Å²) in [5.41, 5.74) is 1.86. The molecule has 0 saturated heterocycles. The smallest absolute Gasteiger partial charge is 0.338 e. The molecule has 0 aromatic heterocycles. The Balaban J connectivity index is 2.14. The van der Waals surface area contributed by atoms with E-state index < -0.39 is 11.2 Å². The lowest BCUT2D eigenvalue weighted by molar-refractivity contribution is -0.282. The third-order valence-electron chi connectivity index (χ3n) is 3.01. The Morgan fingerprint density at radius 1 is 0.957 bits per heavy atom. The summed E-state index contributed by atoms with van der Waals surface area (Å²) >= 11 is 5.50. The van der Waals surface area contributed by atoms with E-state index in [-0.39, 0.29) is 24.3 Å². The Kier molecular flexibility index (Phi) is 6.29. The van der Waals surface area contributed by atoms with Gasteiger partial charge in [0.15, 0.2) is 0 Å². The van der Waals surface area contributed by atoms with Crippen LogP contribution in [-0.2, 0) is 27.7 Å².